The van der Waals surface area contributed by atoms with Crippen molar-refractivity contribution in [3.05, 3.63) is 6.92 Å². The first kappa shape index (κ1) is 29.3. The van der Waals surface area contributed by atoms with E-state index in [2.05, 4.69) is 20.8 Å². The molecule has 3 N–H and O–H groups in total. The average Bonchev–Trinajstić information content (AvgIpc) is 1.87. The van der Waals surface area contributed by atoms with E-state index < -0.39 is 0 Å². The van der Waals surface area contributed by atoms with Crippen LogP contribution in [-0.4, -0.2) is 16.4 Å². The molecule has 0 fully saturated rings. The van der Waals surface area contributed by atoms with Gasteiger partial charge in [-0.25, -0.2) is 0 Å². The molecule has 0 atom stereocenters. The maximum Gasteiger partial charge on any atom is 4.00 e. The molecule has 0 aliphatic heterocycles. The summed E-state index contributed by atoms with van der Waals surface area (Å²) in [7, 11) is 0. The predicted octanol–water partition coefficient (Wildman–Crippen LogP) is 3.28. The van der Waals surface area contributed by atoms with E-state index in [0.29, 0.717) is 0 Å². The summed E-state index contributed by atoms with van der Waals surface area (Å²) in [5, 5.41) is 0. The van der Waals surface area contributed by atoms with E-state index >= 15 is 0 Å². The van der Waals surface area contributed by atoms with Gasteiger partial charge in [0.1, 0.15) is 0 Å². The molecular formula is C10H24HfO3. The largest absolute Gasteiger partial charge is 4.00 e. The molecule has 0 bridgehead atoms. The fourth-order valence-corrected chi connectivity index (χ4v) is 1.08. The van der Waals surface area contributed by atoms with Gasteiger partial charge in [0.05, 0.1) is 0 Å². The van der Waals surface area contributed by atoms with E-state index in [9.17, 15) is 0 Å². The van der Waals surface area contributed by atoms with E-state index in [1.165, 1.54) is 32.1 Å². The van der Waals surface area contributed by atoms with Crippen molar-refractivity contribution >= 4 is 0 Å². The Bertz CT molecular complexity index is 70.4. The first-order valence-corrected chi connectivity index (χ1v) is 4.56. The molecule has 0 saturated carbocycles. The second kappa shape index (κ2) is 23.5. The summed E-state index contributed by atoms with van der Waals surface area (Å²) < 4.78 is 0. The molecule has 0 heterocycles. The molecule has 0 aromatic carbocycles. The van der Waals surface area contributed by atoms with E-state index in [1.54, 1.807) is 0 Å². The Morgan fingerprint density at radius 2 is 1.29 bits per heavy atom. The maximum absolute atomic E-state index is 3.82. The molecule has 0 unspecified atom stereocenters. The minimum absolute atomic E-state index is 0. The van der Waals surface area contributed by atoms with Gasteiger partial charge in [0.15, 0.2) is 0 Å². The topological polar surface area (TPSA) is 90.0 Å². The van der Waals surface area contributed by atoms with Crippen LogP contribution in [0.2, 0.25) is 0 Å². The Kier molecular flexibility index (Phi) is 49.3. The van der Waals surface area contributed by atoms with Gasteiger partial charge in [0.2, 0.25) is 0 Å². The molecule has 4 heteroatoms. The molecule has 0 aromatic rings. The van der Waals surface area contributed by atoms with Crippen molar-refractivity contribution in [1.29, 1.82) is 0 Å². The van der Waals surface area contributed by atoms with Crippen LogP contribution in [0.5, 0.6) is 0 Å². The van der Waals surface area contributed by atoms with Gasteiger partial charge >= 0.3 is 25.8 Å². The maximum atomic E-state index is 3.82. The van der Waals surface area contributed by atoms with Gasteiger partial charge in [0, 0.05) is 0 Å². The summed E-state index contributed by atoms with van der Waals surface area (Å²) in [6, 6.07) is 0. The van der Waals surface area contributed by atoms with Gasteiger partial charge in [-0.1, -0.05) is 46.0 Å². The smallest absolute Gasteiger partial charge is 0.870 e. The van der Waals surface area contributed by atoms with E-state index in [4.69, 9.17) is 0 Å². The van der Waals surface area contributed by atoms with Crippen LogP contribution in [0.25, 0.3) is 0 Å². The second-order valence-electron chi connectivity index (χ2n) is 3.45. The summed E-state index contributed by atoms with van der Waals surface area (Å²) in [5.74, 6) is 0.889. The van der Waals surface area contributed by atoms with Crippen molar-refractivity contribution in [3.8, 4) is 0 Å². The van der Waals surface area contributed by atoms with Gasteiger partial charge in [-0.3, -0.25) is 0 Å². The van der Waals surface area contributed by atoms with Crippen molar-refractivity contribution in [1.82, 2.24) is 0 Å². The van der Waals surface area contributed by atoms with E-state index in [-0.39, 0.29) is 42.3 Å². The van der Waals surface area contributed by atoms with Crippen LogP contribution in [0.3, 0.4) is 0 Å². The minimum atomic E-state index is 0. The summed E-state index contributed by atoms with van der Waals surface area (Å²) in [5.41, 5.74) is 0. The molecule has 0 aromatic heterocycles. The van der Waals surface area contributed by atoms with E-state index in [1.807, 2.05) is 0 Å². The van der Waals surface area contributed by atoms with Gasteiger partial charge in [0.25, 0.3) is 0 Å². The summed E-state index contributed by atoms with van der Waals surface area (Å²) in [4.78, 5) is 0. The Morgan fingerprint density at radius 1 is 0.857 bits per heavy atom. The number of rotatable bonds is 6. The second-order valence-corrected chi connectivity index (χ2v) is 3.45. The zero-order valence-corrected chi connectivity index (χ0v) is 13.0. The Hall–Kier alpha value is 0.750. The summed E-state index contributed by atoms with van der Waals surface area (Å²) >= 11 is 0. The summed E-state index contributed by atoms with van der Waals surface area (Å²) in [6.07, 6.45) is 8.04. The van der Waals surface area contributed by atoms with Crippen molar-refractivity contribution < 1.29 is 42.3 Å². The summed E-state index contributed by atoms with van der Waals surface area (Å²) in [6.45, 7) is 8.40. The van der Waals surface area contributed by atoms with Crippen molar-refractivity contribution in [2.24, 2.45) is 5.92 Å². The number of hydrogen-bond acceptors (Lipinski definition) is 3. The molecule has 3 nitrogen and oxygen atoms in total. The third-order valence-electron chi connectivity index (χ3n) is 1.78. The molecule has 0 saturated heterocycles. The van der Waals surface area contributed by atoms with Crippen LogP contribution in [0.4, 0.5) is 0 Å². The molecule has 0 aliphatic rings. The Morgan fingerprint density at radius 3 is 1.64 bits per heavy atom. The third-order valence-corrected chi connectivity index (χ3v) is 1.78. The average molecular weight is 371 g/mol. The van der Waals surface area contributed by atoms with Gasteiger partial charge in [-0.05, 0) is 5.92 Å². The van der Waals surface area contributed by atoms with Crippen LogP contribution in [0.15, 0.2) is 0 Å². The standard InChI is InChI=1S/C10H21.Hf.3H2O/c1-4-5-6-7-8-9-10(2)3;;;;/h10H,1,4-9H2,2-3H3;;3*1H2/q-1;+4;;;/p-3. The van der Waals surface area contributed by atoms with Gasteiger partial charge in [-0.2, -0.15) is 6.42 Å². The molecule has 0 rings (SSSR count). The quantitative estimate of drug-likeness (QED) is 0.408. The van der Waals surface area contributed by atoms with Crippen molar-refractivity contribution in [3.63, 3.8) is 0 Å². The van der Waals surface area contributed by atoms with Crippen molar-refractivity contribution in [2.45, 2.75) is 52.4 Å². The molecule has 0 spiro atoms. The Balaban J connectivity index is -0.0000000675. The predicted molar refractivity (Wildman–Crippen MR) is 53.7 cm³/mol. The fraction of sp³-hybridized carbons (Fsp3) is 0.900. The third kappa shape index (κ3) is 29.3. The zero-order chi connectivity index (χ0) is 7.82. The molecule has 0 amide bonds. The molecule has 0 radical (unpaired) electrons. The Labute approximate surface area is 107 Å². The van der Waals surface area contributed by atoms with Crippen LogP contribution < -0.4 is 0 Å². The minimum Gasteiger partial charge on any atom is -0.870 e. The first-order chi connectivity index (χ1) is 4.77. The monoisotopic (exact) mass is 372 g/mol. The van der Waals surface area contributed by atoms with Crippen LogP contribution >= 0.6 is 0 Å². The van der Waals surface area contributed by atoms with Gasteiger partial charge < -0.3 is 23.4 Å². The van der Waals surface area contributed by atoms with Crippen LogP contribution in [0, 0.1) is 12.8 Å². The normalized spacial score (nSPS) is 7.71. The zero-order valence-electron chi connectivity index (χ0n) is 9.37. The molecular weight excluding hydrogens is 347 g/mol. The van der Waals surface area contributed by atoms with Crippen LogP contribution in [-0.2, 0) is 25.8 Å². The molecule has 86 valence electrons. The first-order valence-electron chi connectivity index (χ1n) is 4.56. The van der Waals surface area contributed by atoms with E-state index in [0.717, 1.165) is 12.3 Å². The van der Waals surface area contributed by atoms with Gasteiger partial charge in [-0.15, -0.1) is 0 Å². The van der Waals surface area contributed by atoms with Crippen LogP contribution in [0.1, 0.15) is 52.4 Å². The SMILES string of the molecule is [CH2-]CCCCCCC(C)C.[Hf+4].[OH-].[OH-].[OH-]. The van der Waals surface area contributed by atoms with Crippen molar-refractivity contribution in [2.75, 3.05) is 0 Å². The molecule has 0 aliphatic carbocycles. The fourth-order valence-electron chi connectivity index (χ4n) is 1.08. The molecule has 14 heavy (non-hydrogen) atoms. The number of hydrogen-bond donors (Lipinski definition) is 0. The number of unbranched alkanes of at least 4 members (excludes halogenated alkanes) is 4.